The Balaban J connectivity index is 1.32. The molecule has 0 saturated heterocycles. The fourth-order valence-electron chi connectivity index (χ4n) is 3.85. The highest BCUT2D eigenvalue weighted by Gasteiger charge is 2.20. The smallest absolute Gasteiger partial charge is 0.356 e. The molecule has 0 fully saturated rings. The number of β-amino-alcohol motifs (C(OH)–C–C–N with tert-alkyl or cyclic N) is 1. The van der Waals surface area contributed by atoms with Gasteiger partial charge in [-0.3, -0.25) is 0 Å². The highest BCUT2D eigenvalue weighted by atomic mass is 32.2. The Bertz CT molecular complexity index is 1330. The van der Waals surface area contributed by atoms with E-state index in [0.717, 1.165) is 33.6 Å². The number of nitrogens with one attached hydrogen (secondary N) is 2. The minimum atomic E-state index is -0.643. The number of pyridine rings is 1. The van der Waals surface area contributed by atoms with Gasteiger partial charge in [-0.25, -0.2) is 14.8 Å². The summed E-state index contributed by atoms with van der Waals surface area (Å²) in [6.45, 7) is 7.40. The molecule has 0 spiro atoms. The molecule has 2 heterocycles. The number of carbonyl (C=O) groups is 1. The number of aliphatic hydroxyl groups is 1. The lowest BCUT2D eigenvalue weighted by molar-refractivity contribution is 0.0519. The number of aliphatic hydroxyl groups excluding tert-OH is 1. The van der Waals surface area contributed by atoms with Gasteiger partial charge in [-0.1, -0.05) is 30.3 Å². The number of carbonyl (C=O) groups excluding carboxylic acids is 1. The van der Waals surface area contributed by atoms with Crippen molar-refractivity contribution in [2.75, 3.05) is 17.9 Å². The average molecular weight is 520 g/mol. The number of ether oxygens (including phenoxy) is 1. The summed E-state index contributed by atoms with van der Waals surface area (Å²) in [7, 11) is 0. The summed E-state index contributed by atoms with van der Waals surface area (Å²) in [6, 6.07) is 19.7. The fraction of sp³-hybridized carbons (Fsp3) is 0.321. The molecule has 8 nitrogen and oxygen atoms in total. The Kier molecular flexibility index (Phi) is 8.81. The zero-order valence-electron chi connectivity index (χ0n) is 21.3. The number of nitrogens with zero attached hydrogens (tertiary/aromatic N) is 3. The van der Waals surface area contributed by atoms with Gasteiger partial charge in [-0.05, 0) is 75.0 Å². The minimum Gasteiger partial charge on any atom is -0.461 e. The number of hydrogen-bond acceptors (Lipinski definition) is 8. The Morgan fingerprint density at radius 1 is 1.14 bits per heavy atom. The first-order valence-electron chi connectivity index (χ1n) is 12.3. The molecule has 2 aromatic carbocycles. The van der Waals surface area contributed by atoms with E-state index in [0.29, 0.717) is 19.7 Å². The van der Waals surface area contributed by atoms with Gasteiger partial charge in [-0.15, -0.1) is 0 Å². The number of imidazole rings is 1. The Morgan fingerprint density at radius 3 is 2.73 bits per heavy atom. The third-order valence-corrected chi connectivity index (χ3v) is 6.89. The summed E-state index contributed by atoms with van der Waals surface area (Å²) in [5.41, 5.74) is 3.39. The Morgan fingerprint density at radius 2 is 1.95 bits per heavy atom. The number of esters is 1. The maximum absolute atomic E-state index is 12.1. The summed E-state index contributed by atoms with van der Waals surface area (Å²) < 4.78 is 10.4. The van der Waals surface area contributed by atoms with Gasteiger partial charge >= 0.3 is 5.97 Å². The molecule has 1 unspecified atom stereocenters. The van der Waals surface area contributed by atoms with Crippen LogP contribution in [0.4, 0.5) is 5.69 Å². The van der Waals surface area contributed by atoms with E-state index >= 15 is 0 Å². The second-order valence-corrected chi connectivity index (χ2v) is 10.3. The predicted molar refractivity (Wildman–Crippen MR) is 148 cm³/mol. The van der Waals surface area contributed by atoms with Gasteiger partial charge in [0.1, 0.15) is 5.52 Å². The standard InChI is InChI=1S/C28H33N5O3S/c1-4-36-27(35)23-16-25-24(17-29-23)30-19-33(25)14-13-28(2,3)31-18-26(34)20-9-8-10-21(15-20)32-37-22-11-6-5-7-12-22/h5-12,15-17,19,26,31-32,34H,4,13-14,18H2,1-3H3. The van der Waals surface area contributed by atoms with E-state index < -0.39 is 12.1 Å². The van der Waals surface area contributed by atoms with Gasteiger partial charge in [0.05, 0.1) is 30.8 Å². The van der Waals surface area contributed by atoms with E-state index in [1.807, 2.05) is 59.2 Å². The van der Waals surface area contributed by atoms with Crippen molar-refractivity contribution in [3.8, 4) is 0 Å². The maximum atomic E-state index is 12.1. The number of aromatic nitrogens is 3. The molecule has 0 saturated carbocycles. The van der Waals surface area contributed by atoms with Crippen LogP contribution in [0.3, 0.4) is 0 Å². The van der Waals surface area contributed by atoms with Gasteiger partial charge < -0.3 is 24.4 Å². The van der Waals surface area contributed by atoms with Crippen LogP contribution in [-0.4, -0.2) is 44.3 Å². The molecular weight excluding hydrogens is 486 g/mol. The van der Waals surface area contributed by atoms with Crippen LogP contribution in [0.5, 0.6) is 0 Å². The van der Waals surface area contributed by atoms with Crippen molar-refractivity contribution in [2.45, 2.75) is 50.3 Å². The van der Waals surface area contributed by atoms with Crippen LogP contribution in [0.25, 0.3) is 11.0 Å². The molecular formula is C28H33N5O3S. The second-order valence-electron chi connectivity index (χ2n) is 9.39. The Hall–Kier alpha value is -3.40. The van der Waals surface area contributed by atoms with E-state index in [2.05, 4.69) is 33.9 Å². The molecule has 0 aliphatic heterocycles. The van der Waals surface area contributed by atoms with Crippen LogP contribution < -0.4 is 10.0 Å². The van der Waals surface area contributed by atoms with Crippen molar-refractivity contribution < 1.29 is 14.6 Å². The van der Waals surface area contributed by atoms with E-state index in [9.17, 15) is 9.90 Å². The second kappa shape index (κ2) is 12.2. The number of fused-ring (bicyclic) bond motifs is 1. The summed E-state index contributed by atoms with van der Waals surface area (Å²) >= 11 is 1.54. The van der Waals surface area contributed by atoms with Crippen LogP contribution in [0.15, 0.2) is 78.1 Å². The molecule has 2 aromatic heterocycles. The molecule has 0 bridgehead atoms. The molecule has 9 heteroatoms. The first kappa shape index (κ1) is 26.7. The van der Waals surface area contributed by atoms with E-state index in [4.69, 9.17) is 4.74 Å². The number of aryl methyl sites for hydroxylation is 1. The highest BCUT2D eigenvalue weighted by molar-refractivity contribution is 8.00. The molecule has 0 amide bonds. The van der Waals surface area contributed by atoms with Crippen molar-refractivity contribution in [1.29, 1.82) is 0 Å². The lowest BCUT2D eigenvalue weighted by Gasteiger charge is -2.28. The first-order valence-corrected chi connectivity index (χ1v) is 13.2. The van der Waals surface area contributed by atoms with Crippen molar-refractivity contribution in [3.63, 3.8) is 0 Å². The van der Waals surface area contributed by atoms with Crippen LogP contribution in [-0.2, 0) is 11.3 Å². The van der Waals surface area contributed by atoms with Crippen LogP contribution in [0, 0.1) is 0 Å². The van der Waals surface area contributed by atoms with E-state index in [1.165, 1.54) is 11.9 Å². The van der Waals surface area contributed by atoms with Gasteiger partial charge in [0.25, 0.3) is 0 Å². The number of hydrogen-bond donors (Lipinski definition) is 3. The summed E-state index contributed by atoms with van der Waals surface area (Å²) in [5, 5.41) is 14.3. The third kappa shape index (κ3) is 7.31. The molecule has 0 radical (unpaired) electrons. The maximum Gasteiger partial charge on any atom is 0.356 e. The summed E-state index contributed by atoms with van der Waals surface area (Å²) in [4.78, 5) is 21.8. The molecule has 0 aliphatic rings. The topological polar surface area (TPSA) is 101 Å². The van der Waals surface area contributed by atoms with Crippen LogP contribution >= 0.6 is 11.9 Å². The molecule has 4 rings (SSSR count). The summed E-state index contributed by atoms with van der Waals surface area (Å²) in [6.07, 6.45) is 3.50. The molecule has 194 valence electrons. The molecule has 4 aromatic rings. The third-order valence-electron chi connectivity index (χ3n) is 6.05. The highest BCUT2D eigenvalue weighted by Crippen LogP contribution is 2.24. The van der Waals surface area contributed by atoms with E-state index in [1.54, 1.807) is 25.5 Å². The van der Waals surface area contributed by atoms with Crippen LogP contribution in [0.1, 0.15) is 49.3 Å². The first-order chi connectivity index (χ1) is 17.8. The fourth-order valence-corrected chi connectivity index (χ4v) is 4.51. The van der Waals surface area contributed by atoms with Gasteiger partial charge in [0.15, 0.2) is 5.69 Å². The predicted octanol–water partition coefficient (Wildman–Crippen LogP) is 5.22. The van der Waals surface area contributed by atoms with Crippen LogP contribution in [0.2, 0.25) is 0 Å². The van der Waals surface area contributed by atoms with Crippen molar-refractivity contribution in [2.24, 2.45) is 0 Å². The van der Waals surface area contributed by atoms with Crippen molar-refractivity contribution in [1.82, 2.24) is 19.9 Å². The average Bonchev–Trinajstić information content (AvgIpc) is 3.33. The summed E-state index contributed by atoms with van der Waals surface area (Å²) in [5.74, 6) is -0.439. The quantitative estimate of drug-likeness (QED) is 0.173. The van der Waals surface area contributed by atoms with Gasteiger partial charge in [0, 0.05) is 29.2 Å². The molecule has 37 heavy (non-hydrogen) atoms. The lowest BCUT2D eigenvalue weighted by Crippen LogP contribution is -2.42. The largest absolute Gasteiger partial charge is 0.461 e. The zero-order chi connectivity index (χ0) is 26.3. The normalized spacial score (nSPS) is 12.4. The number of benzene rings is 2. The number of rotatable bonds is 12. The van der Waals surface area contributed by atoms with Crippen molar-refractivity contribution >= 4 is 34.6 Å². The van der Waals surface area contributed by atoms with Crippen molar-refractivity contribution in [3.05, 3.63) is 84.4 Å². The monoisotopic (exact) mass is 519 g/mol. The molecule has 1 atom stereocenters. The zero-order valence-corrected chi connectivity index (χ0v) is 22.2. The van der Waals surface area contributed by atoms with E-state index in [-0.39, 0.29) is 11.2 Å². The minimum absolute atomic E-state index is 0.242. The SMILES string of the molecule is CCOC(=O)c1cc2c(cn1)ncn2CCC(C)(C)NCC(O)c1cccc(NSc2ccccc2)c1. The number of anilines is 1. The molecule has 0 aliphatic carbocycles. The van der Waals surface area contributed by atoms with Gasteiger partial charge in [-0.2, -0.15) is 0 Å². The van der Waals surface area contributed by atoms with Gasteiger partial charge in [0.2, 0.25) is 0 Å². The Labute approximate surface area is 221 Å². The lowest BCUT2D eigenvalue weighted by atomic mass is 9.99. The molecule has 3 N–H and O–H groups in total.